The summed E-state index contributed by atoms with van der Waals surface area (Å²) in [5.74, 6) is 0. The SMILES string of the molecule is CCC(C)(C#N)C(O)(CC)c1cccc(Br)c1. The Morgan fingerprint density at radius 3 is 2.41 bits per heavy atom. The Hall–Kier alpha value is -0.850. The monoisotopic (exact) mass is 295 g/mol. The summed E-state index contributed by atoms with van der Waals surface area (Å²) in [6, 6.07) is 9.82. The molecule has 1 N–H and O–H groups in total. The van der Waals surface area contributed by atoms with E-state index in [0.29, 0.717) is 12.8 Å². The van der Waals surface area contributed by atoms with Gasteiger partial charge >= 0.3 is 0 Å². The molecule has 2 nitrogen and oxygen atoms in total. The first kappa shape index (κ1) is 14.2. The van der Waals surface area contributed by atoms with Gasteiger partial charge in [0.05, 0.1) is 11.5 Å². The molecule has 2 unspecified atom stereocenters. The maximum absolute atomic E-state index is 10.9. The molecule has 92 valence electrons. The highest BCUT2D eigenvalue weighted by Gasteiger charge is 2.46. The summed E-state index contributed by atoms with van der Waals surface area (Å²) in [6.07, 6.45) is 1.13. The average Bonchev–Trinajstić information content (AvgIpc) is 2.36. The minimum atomic E-state index is -1.11. The Morgan fingerprint density at radius 2 is 2.00 bits per heavy atom. The van der Waals surface area contributed by atoms with Crippen molar-refractivity contribution in [2.45, 2.75) is 39.2 Å². The predicted molar refractivity (Wildman–Crippen MR) is 72.3 cm³/mol. The molecule has 2 atom stereocenters. The van der Waals surface area contributed by atoms with Gasteiger partial charge in [0.15, 0.2) is 0 Å². The number of rotatable bonds is 4. The molecule has 0 spiro atoms. The molecule has 0 radical (unpaired) electrons. The molecule has 0 aliphatic rings. The summed E-state index contributed by atoms with van der Waals surface area (Å²) in [6.45, 7) is 5.66. The smallest absolute Gasteiger partial charge is 0.108 e. The molecule has 0 aliphatic carbocycles. The van der Waals surface area contributed by atoms with Crippen LogP contribution in [-0.2, 0) is 5.60 Å². The zero-order valence-corrected chi connectivity index (χ0v) is 12.1. The lowest BCUT2D eigenvalue weighted by Crippen LogP contribution is -2.42. The normalized spacial score (nSPS) is 17.9. The van der Waals surface area contributed by atoms with Gasteiger partial charge in [-0.05, 0) is 37.5 Å². The van der Waals surface area contributed by atoms with Crippen molar-refractivity contribution in [2.24, 2.45) is 5.41 Å². The van der Waals surface area contributed by atoms with Gasteiger partial charge in [-0.2, -0.15) is 5.26 Å². The van der Waals surface area contributed by atoms with Crippen LogP contribution in [0.5, 0.6) is 0 Å². The number of hydrogen-bond donors (Lipinski definition) is 1. The molecule has 0 aromatic heterocycles. The van der Waals surface area contributed by atoms with Crippen LogP contribution in [0.4, 0.5) is 0 Å². The van der Waals surface area contributed by atoms with Crippen molar-refractivity contribution in [3.05, 3.63) is 34.3 Å². The van der Waals surface area contributed by atoms with E-state index >= 15 is 0 Å². The first-order valence-electron chi connectivity index (χ1n) is 5.83. The Balaban J connectivity index is 3.35. The zero-order chi connectivity index (χ0) is 13.1. The second-order valence-corrected chi connectivity index (χ2v) is 5.44. The number of aliphatic hydroxyl groups is 1. The summed E-state index contributed by atoms with van der Waals surface area (Å²) in [5, 5.41) is 20.3. The van der Waals surface area contributed by atoms with Crippen molar-refractivity contribution < 1.29 is 5.11 Å². The van der Waals surface area contributed by atoms with Crippen LogP contribution in [-0.4, -0.2) is 5.11 Å². The Kier molecular flexibility index (Phi) is 4.35. The molecular formula is C14H18BrNO. The first-order chi connectivity index (χ1) is 7.93. The number of halogens is 1. The number of nitriles is 1. The van der Waals surface area contributed by atoms with Crippen LogP contribution >= 0.6 is 15.9 Å². The van der Waals surface area contributed by atoms with Crippen LogP contribution in [0.3, 0.4) is 0 Å². The van der Waals surface area contributed by atoms with E-state index in [1.54, 1.807) is 0 Å². The van der Waals surface area contributed by atoms with Crippen LogP contribution in [0.1, 0.15) is 39.2 Å². The first-order valence-corrected chi connectivity index (χ1v) is 6.62. The molecule has 1 aromatic rings. The van der Waals surface area contributed by atoms with Crippen LogP contribution in [0.15, 0.2) is 28.7 Å². The van der Waals surface area contributed by atoms with Gasteiger partial charge in [-0.3, -0.25) is 0 Å². The molecule has 0 aliphatic heterocycles. The van der Waals surface area contributed by atoms with Crippen molar-refractivity contribution >= 4 is 15.9 Å². The van der Waals surface area contributed by atoms with E-state index in [9.17, 15) is 10.4 Å². The second kappa shape index (κ2) is 5.20. The van der Waals surface area contributed by atoms with E-state index in [-0.39, 0.29) is 0 Å². The molecule has 0 bridgehead atoms. The molecular weight excluding hydrogens is 278 g/mol. The van der Waals surface area contributed by atoms with Crippen LogP contribution in [0.25, 0.3) is 0 Å². The van der Waals surface area contributed by atoms with Gasteiger partial charge < -0.3 is 5.11 Å². The van der Waals surface area contributed by atoms with Crippen molar-refractivity contribution in [1.82, 2.24) is 0 Å². The van der Waals surface area contributed by atoms with Crippen molar-refractivity contribution in [2.75, 3.05) is 0 Å². The average molecular weight is 296 g/mol. The fourth-order valence-corrected chi connectivity index (χ4v) is 2.52. The predicted octanol–water partition coefficient (Wildman–Crippen LogP) is 3.99. The molecule has 0 heterocycles. The molecule has 0 saturated carbocycles. The molecule has 0 fully saturated rings. The molecule has 0 saturated heterocycles. The van der Waals surface area contributed by atoms with Crippen LogP contribution in [0, 0.1) is 16.7 Å². The summed E-state index contributed by atoms with van der Waals surface area (Å²) in [7, 11) is 0. The zero-order valence-electron chi connectivity index (χ0n) is 10.5. The number of hydrogen-bond acceptors (Lipinski definition) is 2. The van der Waals surface area contributed by atoms with E-state index in [2.05, 4.69) is 22.0 Å². The molecule has 0 amide bonds. The third-order valence-corrected chi connectivity index (χ3v) is 4.17. The van der Waals surface area contributed by atoms with E-state index in [1.165, 1.54) is 0 Å². The van der Waals surface area contributed by atoms with Gasteiger partial charge in [0.2, 0.25) is 0 Å². The van der Waals surface area contributed by atoms with Gasteiger partial charge in [0.1, 0.15) is 5.60 Å². The van der Waals surface area contributed by atoms with Gasteiger partial charge in [-0.15, -0.1) is 0 Å². The van der Waals surface area contributed by atoms with Gasteiger partial charge in [-0.25, -0.2) is 0 Å². The minimum absolute atomic E-state index is 0.515. The second-order valence-electron chi connectivity index (χ2n) is 4.52. The number of benzene rings is 1. The Labute approximate surface area is 111 Å². The third-order valence-electron chi connectivity index (χ3n) is 3.68. The molecule has 17 heavy (non-hydrogen) atoms. The van der Waals surface area contributed by atoms with Crippen LogP contribution in [0.2, 0.25) is 0 Å². The van der Waals surface area contributed by atoms with Gasteiger partial charge in [0.25, 0.3) is 0 Å². The molecule has 1 aromatic carbocycles. The van der Waals surface area contributed by atoms with Crippen LogP contribution < -0.4 is 0 Å². The topological polar surface area (TPSA) is 44.0 Å². The fourth-order valence-electron chi connectivity index (χ4n) is 2.12. The van der Waals surface area contributed by atoms with Gasteiger partial charge in [-0.1, -0.05) is 41.9 Å². The highest BCUT2D eigenvalue weighted by molar-refractivity contribution is 9.10. The fraction of sp³-hybridized carbons (Fsp3) is 0.500. The third kappa shape index (κ3) is 2.38. The quantitative estimate of drug-likeness (QED) is 0.913. The summed E-state index contributed by atoms with van der Waals surface area (Å²) in [4.78, 5) is 0. The van der Waals surface area contributed by atoms with Crippen molar-refractivity contribution in [3.63, 3.8) is 0 Å². The lowest BCUT2D eigenvalue weighted by Gasteiger charge is -2.39. The standard InChI is InChI=1S/C14H18BrNO/c1-4-13(3,10-16)14(17,5-2)11-7-6-8-12(15)9-11/h6-9,17H,4-5H2,1-3H3. The van der Waals surface area contributed by atoms with Gasteiger partial charge in [0, 0.05) is 4.47 Å². The minimum Gasteiger partial charge on any atom is -0.384 e. The van der Waals surface area contributed by atoms with Crippen molar-refractivity contribution in [3.8, 4) is 6.07 Å². The van der Waals surface area contributed by atoms with E-state index in [4.69, 9.17) is 0 Å². The van der Waals surface area contributed by atoms with E-state index in [0.717, 1.165) is 10.0 Å². The summed E-state index contributed by atoms with van der Waals surface area (Å²) >= 11 is 3.40. The van der Waals surface area contributed by atoms with E-state index in [1.807, 2.05) is 45.0 Å². The number of nitrogens with zero attached hydrogens (tertiary/aromatic N) is 1. The Bertz CT molecular complexity index is 440. The highest BCUT2D eigenvalue weighted by Crippen LogP contribution is 2.44. The highest BCUT2D eigenvalue weighted by atomic mass is 79.9. The van der Waals surface area contributed by atoms with Crippen molar-refractivity contribution in [1.29, 1.82) is 5.26 Å². The Morgan fingerprint density at radius 1 is 1.35 bits per heavy atom. The maximum Gasteiger partial charge on any atom is 0.108 e. The lowest BCUT2D eigenvalue weighted by atomic mass is 9.67. The summed E-state index contributed by atoms with van der Waals surface area (Å²) in [5.41, 5.74) is -1.09. The molecule has 3 heteroatoms. The maximum atomic E-state index is 10.9. The summed E-state index contributed by atoms with van der Waals surface area (Å²) < 4.78 is 0.915. The largest absolute Gasteiger partial charge is 0.384 e. The van der Waals surface area contributed by atoms with E-state index < -0.39 is 11.0 Å². The lowest BCUT2D eigenvalue weighted by molar-refractivity contribution is -0.0587. The molecule has 1 rings (SSSR count).